The van der Waals surface area contributed by atoms with Gasteiger partial charge in [0.25, 0.3) is 11.8 Å². The summed E-state index contributed by atoms with van der Waals surface area (Å²) in [6.07, 6.45) is 5.22. The number of fused-ring (bicyclic) bond motifs is 6. The maximum atomic E-state index is 14.4. The van der Waals surface area contributed by atoms with Crippen LogP contribution in [-0.4, -0.2) is 262 Å². The van der Waals surface area contributed by atoms with Crippen molar-refractivity contribution in [3.63, 3.8) is 0 Å². The minimum atomic E-state index is -0.826. The number of aliphatic hydroxyl groups excluding tert-OH is 4. The fourth-order valence-corrected chi connectivity index (χ4v) is 25.5. The molecule has 800 valence electrons. The number of anilines is 3. The fourth-order valence-electron chi connectivity index (χ4n) is 25.5. The van der Waals surface area contributed by atoms with Crippen LogP contribution in [0, 0.1) is 99.1 Å². The van der Waals surface area contributed by atoms with Crippen LogP contribution in [0.4, 0.5) is 17.1 Å². The molecule has 13 aliphatic rings. The molecule has 13 N–H and O–H groups in total. The first-order valence-corrected chi connectivity index (χ1v) is 53.4. The van der Waals surface area contributed by atoms with Crippen molar-refractivity contribution in [1.29, 1.82) is 0 Å². The van der Waals surface area contributed by atoms with Gasteiger partial charge in [-0.1, -0.05) is 144 Å². The van der Waals surface area contributed by atoms with Gasteiger partial charge in [0.2, 0.25) is 17.7 Å². The van der Waals surface area contributed by atoms with Crippen LogP contribution in [0.25, 0.3) is 22.3 Å². The largest absolute Gasteiger partial charge is 0.496 e. The molecule has 19 rings (SSSR count). The Morgan fingerprint density at radius 2 is 0.828 bits per heavy atom. The lowest BCUT2D eigenvalue weighted by Gasteiger charge is -2.62. The van der Waals surface area contributed by atoms with E-state index < -0.39 is 54.5 Å². The van der Waals surface area contributed by atoms with Gasteiger partial charge < -0.3 is 91.9 Å². The fraction of sp³-hybridized carbons (Fsp3) is 0.643. The Bertz CT molecular complexity index is 5340. The van der Waals surface area contributed by atoms with Gasteiger partial charge in [-0.05, 0) is 258 Å². The third-order valence-corrected chi connectivity index (χ3v) is 34.8. The zero-order valence-corrected chi connectivity index (χ0v) is 91.6. The van der Waals surface area contributed by atoms with Gasteiger partial charge in [-0.25, -0.2) is 0 Å². The summed E-state index contributed by atoms with van der Waals surface area (Å²) < 4.78 is 17.7. The van der Waals surface area contributed by atoms with E-state index >= 15 is 0 Å². The summed E-state index contributed by atoms with van der Waals surface area (Å²) in [5.41, 5.74) is 11.9. The SMILES string of the molecule is CCNC[C@@H]1ON(Cc2cccc(-c3cc(C(=O)NC)cc(N(C)C)c3)c2OC)[C@H](C(=O)N[C@H]2C[C@H]3C[C@@H]([C@@H]2C)C3(C)C)[C@@H]1[C@H](C)O.CNC(=O)c1cccc(N(C)C)c1.CNC(O)c1cc(-c2cccc(CN3O[C@@H](CNCC(C)C)[C@@H]([C@H](C)O)[C@H]3C(=O)N[C@H]3C[C@H]4C[C@@H]([C@@H]3C)C4(C)C)c2OC)cc(N(C)C)c1.COc1ccccc1CN1O[C@@H](CNCC2CC2)[C@@H]([C@H](C)O)[C@H]1C(=O)N[C@H]1C[C@H]2C[C@@H]([C@@H]1C)C2(C)C. The van der Waals surface area contributed by atoms with Crippen LogP contribution in [-0.2, 0) is 48.5 Å². The van der Waals surface area contributed by atoms with Crippen LogP contribution >= 0.6 is 0 Å². The zero-order valence-electron chi connectivity index (χ0n) is 91.6. The molecule has 1 unspecified atom stereocenters. The van der Waals surface area contributed by atoms with Crippen molar-refractivity contribution in [2.24, 2.45) is 99.1 Å². The average molecular weight is 2010 g/mol. The lowest BCUT2D eigenvalue weighted by Crippen LogP contribution is -2.62. The second kappa shape index (κ2) is 48.7. The van der Waals surface area contributed by atoms with Gasteiger partial charge in [-0.15, -0.1) is 0 Å². The third-order valence-electron chi connectivity index (χ3n) is 34.8. The first-order valence-electron chi connectivity index (χ1n) is 53.4. The number of nitrogens with one attached hydrogen (secondary N) is 9. The summed E-state index contributed by atoms with van der Waals surface area (Å²) in [6.45, 7) is 37.9. The molecule has 6 aromatic carbocycles. The standard InChI is InChI=1S/C39H61N5O5.C37H55N5O5.C29H45N3O4.C10H14N2O/c1-22(2)19-41-20-33-34(24(4)45)35(38(47)42-32-18-28-17-31(23(32)3)39(28,5)6)44(49-33)21-25-12-11-13-30(36(25)48-10)26-14-27(37(46)40-7)16-29(15-26)43(8)9;1-10-39-19-31-32(22(3)43)33(36(45)40-30-18-26-17-29(21(30)2)37(26,4)5)42(47-31)20-23-12-11-13-28(34(23)46-9)24-14-25(35(44)38-6)16-27(15-24)41(7)8;1-17-22-12-21(29(22,3)4)13-23(17)31-28(34)27-26(18(2)33)25(15-30-14-19-10-11-19)36-32(27)16-20-8-6-7-9-24(20)35-5;1-11-10(13)8-5-4-6-9(7-8)12(2)3/h11-16,22-24,28,31-35,37,40-41,45-46H,17-21H2,1-10H3,(H,42,47);11-16,21-22,26,29-33,39,43H,10,17-20H2,1-9H3,(H,38,44)(H,40,45);6-9,17-19,21-23,25-27,30,33H,10-16H2,1-5H3,(H,31,34);4-7H,1-3H3,(H,11,13)/t23-,24-,28+,31-,32-,33-,34+,35-,37?;21-,22-,26+,29-,30-,31-,32+,33-;17-,18-,21+,22-,23-,25-,26+,27-;/m000./s1. The van der Waals surface area contributed by atoms with Crippen molar-refractivity contribution in [3.05, 3.63) is 155 Å². The topological polar surface area (TPSA) is 349 Å². The summed E-state index contributed by atoms with van der Waals surface area (Å²) >= 11 is 0. The van der Waals surface area contributed by atoms with Crippen LogP contribution in [0.15, 0.2) is 121 Å². The number of nitrogens with zero attached hydrogens (tertiary/aromatic N) is 6. The van der Waals surface area contributed by atoms with Crippen LogP contribution in [0.3, 0.4) is 0 Å². The molecule has 10 saturated carbocycles. The van der Waals surface area contributed by atoms with Crippen LogP contribution in [0.2, 0.25) is 0 Å². The normalized spacial score (nSPS) is 28.9. The number of carbonyl (C=O) groups is 5. The predicted octanol–water partition coefficient (Wildman–Crippen LogP) is 13.1. The van der Waals surface area contributed by atoms with Crippen molar-refractivity contribution < 1.29 is 73.1 Å². The molecule has 25 atom stereocenters. The van der Waals surface area contributed by atoms with Crippen LogP contribution < -0.4 is 76.8 Å². The van der Waals surface area contributed by atoms with Gasteiger partial charge in [-0.3, -0.25) is 43.8 Å². The van der Waals surface area contributed by atoms with E-state index in [2.05, 4.69) is 130 Å². The number of hydrogen-bond acceptors (Lipinski definition) is 25. The van der Waals surface area contributed by atoms with Crippen molar-refractivity contribution in [1.82, 2.24) is 63.0 Å². The van der Waals surface area contributed by atoms with Crippen molar-refractivity contribution in [2.75, 3.05) is 139 Å². The van der Waals surface area contributed by atoms with Crippen molar-refractivity contribution >= 4 is 46.6 Å². The Morgan fingerprint density at radius 3 is 1.21 bits per heavy atom. The van der Waals surface area contributed by atoms with Gasteiger partial charge in [0.1, 0.15) is 41.6 Å². The van der Waals surface area contributed by atoms with E-state index in [1.54, 1.807) is 84.5 Å². The van der Waals surface area contributed by atoms with Crippen molar-refractivity contribution in [2.45, 2.75) is 254 Å². The minimum Gasteiger partial charge on any atom is -0.496 e. The molecule has 13 fully saturated rings. The zero-order chi connectivity index (χ0) is 105. The monoisotopic (exact) mass is 2010 g/mol. The van der Waals surface area contributed by atoms with E-state index in [1.165, 1.54) is 32.1 Å². The molecule has 0 aromatic heterocycles. The van der Waals surface area contributed by atoms with Crippen LogP contribution in [0.1, 0.15) is 204 Å². The second-order valence-electron chi connectivity index (χ2n) is 46.1. The molecule has 3 saturated heterocycles. The molecule has 6 aromatic rings. The second-order valence-corrected chi connectivity index (χ2v) is 46.1. The van der Waals surface area contributed by atoms with Gasteiger partial charge in [0.15, 0.2) is 0 Å². The number of methoxy groups -OCH3 is 3. The number of para-hydroxylation sites is 3. The molecule has 0 radical (unpaired) electrons. The lowest BCUT2D eigenvalue weighted by molar-refractivity contribution is -0.177. The van der Waals surface area contributed by atoms with Gasteiger partial charge in [0, 0.05) is 168 Å². The highest BCUT2D eigenvalue weighted by atomic mass is 16.7. The number of carbonyl (C=O) groups excluding carboxylic acids is 5. The molecule has 0 spiro atoms. The molecule has 10 aliphatic carbocycles. The molecule has 5 amide bonds. The van der Waals surface area contributed by atoms with E-state index in [0.717, 1.165) is 112 Å². The third kappa shape index (κ3) is 25.3. The predicted molar refractivity (Wildman–Crippen MR) is 573 cm³/mol. The first-order chi connectivity index (χ1) is 68.8. The van der Waals surface area contributed by atoms with E-state index in [9.17, 15) is 44.4 Å². The highest BCUT2D eigenvalue weighted by Gasteiger charge is 2.62. The number of hydrogen-bond donors (Lipinski definition) is 13. The summed E-state index contributed by atoms with van der Waals surface area (Å²) in [5, 5.41) is 78.1. The minimum absolute atomic E-state index is 0.0311. The maximum absolute atomic E-state index is 14.4. The van der Waals surface area contributed by atoms with E-state index in [0.29, 0.717) is 124 Å². The number of likely N-dealkylation sites (N-methyl/N-ethyl adjacent to an activating group) is 1. The number of ether oxygens (including phenoxy) is 3. The summed E-state index contributed by atoms with van der Waals surface area (Å²) in [5.74, 6) is 6.61. The molecule has 30 nitrogen and oxygen atoms in total. The number of hydroxylamine groups is 6. The Labute approximate surface area is 864 Å². The quantitative estimate of drug-likeness (QED) is 0.0160. The Balaban J connectivity index is 0.000000172. The maximum Gasteiger partial charge on any atom is 0.251 e. The van der Waals surface area contributed by atoms with Crippen molar-refractivity contribution in [3.8, 4) is 39.5 Å². The Kier molecular flexibility index (Phi) is 38.0. The smallest absolute Gasteiger partial charge is 0.251 e. The number of amides is 5. The number of aliphatic hydroxyl groups is 4. The molecule has 145 heavy (non-hydrogen) atoms. The first kappa shape index (κ1) is 113. The molecule has 6 bridgehead atoms. The average Bonchev–Trinajstić information content (AvgIpc) is 1.68. The van der Waals surface area contributed by atoms with E-state index in [-0.39, 0.29) is 85.0 Å². The molecular formula is C115H175N15O15. The molecule has 3 heterocycles. The molecule has 30 heteroatoms. The number of benzene rings is 6. The van der Waals surface area contributed by atoms with E-state index in [4.69, 9.17) is 28.7 Å². The highest BCUT2D eigenvalue weighted by molar-refractivity contribution is 5.97. The Morgan fingerprint density at radius 1 is 0.441 bits per heavy atom. The molecular weight excluding hydrogens is 1830 g/mol. The Hall–Kier alpha value is -9.09. The van der Waals surface area contributed by atoms with Gasteiger partial charge >= 0.3 is 0 Å². The van der Waals surface area contributed by atoms with Gasteiger partial charge in [0.05, 0.1) is 77.6 Å². The summed E-state index contributed by atoms with van der Waals surface area (Å²) in [4.78, 5) is 92.2. The molecule has 3 aliphatic heterocycles. The van der Waals surface area contributed by atoms with E-state index in [1.807, 2.05) is 173 Å². The number of rotatable bonds is 38. The summed E-state index contributed by atoms with van der Waals surface area (Å²) in [6, 6.07) is 37.4. The summed E-state index contributed by atoms with van der Waals surface area (Å²) in [7, 11) is 21.7. The lowest BCUT2D eigenvalue weighted by atomic mass is 9.45. The van der Waals surface area contributed by atoms with Crippen LogP contribution in [0.5, 0.6) is 17.2 Å². The highest BCUT2D eigenvalue weighted by Crippen LogP contribution is 2.64. The van der Waals surface area contributed by atoms with Gasteiger partial charge in [-0.2, -0.15) is 15.2 Å².